The average molecular weight is 218 g/mol. The Hall–Kier alpha value is -1.57. The van der Waals surface area contributed by atoms with Gasteiger partial charge in [0.2, 0.25) is 0 Å². The highest BCUT2D eigenvalue weighted by Crippen LogP contribution is 2.05. The molecule has 2 heteroatoms. The number of hydrogen-bond donors (Lipinski definition) is 0. The maximum Gasteiger partial charge on any atom is 0.305 e. The van der Waals surface area contributed by atoms with E-state index in [0.717, 1.165) is 19.3 Å². The third-order valence-electron chi connectivity index (χ3n) is 2.34. The van der Waals surface area contributed by atoms with Gasteiger partial charge in [-0.05, 0) is 24.8 Å². The van der Waals surface area contributed by atoms with E-state index in [2.05, 4.69) is 29.0 Å². The number of allylic oxidation sites excluding steroid dienone is 1. The van der Waals surface area contributed by atoms with Crippen molar-refractivity contribution in [2.24, 2.45) is 0 Å². The minimum atomic E-state index is -0.118. The number of rotatable bonds is 6. The molecule has 0 aliphatic carbocycles. The lowest BCUT2D eigenvalue weighted by molar-refractivity contribution is -0.140. The topological polar surface area (TPSA) is 26.3 Å². The van der Waals surface area contributed by atoms with Crippen molar-refractivity contribution >= 4 is 12.0 Å². The van der Waals surface area contributed by atoms with E-state index >= 15 is 0 Å². The molecular formula is C14H18O2. The number of carbonyl (C=O) groups excluding carboxylic acids is 1. The minimum Gasteiger partial charge on any atom is -0.469 e. The molecule has 0 aliphatic rings. The van der Waals surface area contributed by atoms with Crippen LogP contribution in [0.4, 0.5) is 0 Å². The summed E-state index contributed by atoms with van der Waals surface area (Å²) in [6.45, 7) is 0. The highest BCUT2D eigenvalue weighted by Gasteiger charge is 1.97. The van der Waals surface area contributed by atoms with Crippen molar-refractivity contribution in [3.8, 4) is 0 Å². The van der Waals surface area contributed by atoms with Crippen molar-refractivity contribution in [1.82, 2.24) is 0 Å². The summed E-state index contributed by atoms with van der Waals surface area (Å²) in [4.78, 5) is 10.8. The van der Waals surface area contributed by atoms with Crippen LogP contribution in [0.5, 0.6) is 0 Å². The molecule has 0 saturated heterocycles. The predicted molar refractivity (Wildman–Crippen MR) is 66.0 cm³/mol. The summed E-state index contributed by atoms with van der Waals surface area (Å²) in [5, 5.41) is 0. The van der Waals surface area contributed by atoms with Gasteiger partial charge in [0, 0.05) is 6.42 Å². The molecule has 0 spiro atoms. The molecule has 1 aromatic rings. The Labute approximate surface area is 96.9 Å². The number of benzene rings is 1. The van der Waals surface area contributed by atoms with E-state index in [0.29, 0.717) is 6.42 Å². The van der Waals surface area contributed by atoms with E-state index < -0.39 is 0 Å². The zero-order valence-corrected chi connectivity index (χ0v) is 9.69. The van der Waals surface area contributed by atoms with E-state index in [1.54, 1.807) is 0 Å². The molecule has 0 heterocycles. The lowest BCUT2D eigenvalue weighted by atomic mass is 10.1. The Balaban J connectivity index is 2.12. The smallest absolute Gasteiger partial charge is 0.305 e. The first-order valence-corrected chi connectivity index (χ1v) is 5.61. The largest absolute Gasteiger partial charge is 0.469 e. The molecule has 16 heavy (non-hydrogen) atoms. The normalized spacial score (nSPS) is 10.6. The first-order valence-electron chi connectivity index (χ1n) is 5.61. The molecule has 0 bridgehead atoms. The van der Waals surface area contributed by atoms with Crippen LogP contribution >= 0.6 is 0 Å². The van der Waals surface area contributed by atoms with Gasteiger partial charge in [-0.1, -0.05) is 42.5 Å². The van der Waals surface area contributed by atoms with Crippen LogP contribution in [0.15, 0.2) is 36.4 Å². The summed E-state index contributed by atoms with van der Waals surface area (Å²) < 4.78 is 4.57. The highest BCUT2D eigenvalue weighted by atomic mass is 16.5. The van der Waals surface area contributed by atoms with Crippen LogP contribution in [0.25, 0.3) is 6.08 Å². The summed E-state index contributed by atoms with van der Waals surface area (Å²) in [7, 11) is 1.43. The molecule has 0 radical (unpaired) electrons. The Bertz CT molecular complexity index is 328. The van der Waals surface area contributed by atoms with Crippen molar-refractivity contribution in [2.45, 2.75) is 25.7 Å². The van der Waals surface area contributed by atoms with Crippen LogP contribution in [-0.4, -0.2) is 13.1 Å². The van der Waals surface area contributed by atoms with Crippen LogP contribution in [0.2, 0.25) is 0 Å². The maximum absolute atomic E-state index is 10.8. The van der Waals surface area contributed by atoms with E-state index in [9.17, 15) is 4.79 Å². The summed E-state index contributed by atoms with van der Waals surface area (Å²) in [6, 6.07) is 10.2. The first-order chi connectivity index (χ1) is 7.83. The SMILES string of the molecule is COC(=O)CCCC/C=C/c1ccccc1. The van der Waals surface area contributed by atoms with Crippen LogP contribution in [-0.2, 0) is 9.53 Å². The van der Waals surface area contributed by atoms with Crippen molar-refractivity contribution < 1.29 is 9.53 Å². The van der Waals surface area contributed by atoms with E-state index in [-0.39, 0.29) is 5.97 Å². The van der Waals surface area contributed by atoms with Gasteiger partial charge in [-0.15, -0.1) is 0 Å². The molecule has 0 N–H and O–H groups in total. The second kappa shape index (κ2) is 7.69. The zero-order chi connectivity index (χ0) is 11.6. The Morgan fingerprint density at radius 3 is 2.69 bits per heavy atom. The molecule has 1 aromatic carbocycles. The molecular weight excluding hydrogens is 200 g/mol. The third-order valence-corrected chi connectivity index (χ3v) is 2.34. The number of hydrogen-bond acceptors (Lipinski definition) is 2. The summed E-state index contributed by atoms with van der Waals surface area (Å²) >= 11 is 0. The molecule has 1 rings (SSSR count). The third kappa shape index (κ3) is 5.35. The lowest BCUT2D eigenvalue weighted by Crippen LogP contribution is -1.98. The predicted octanol–water partition coefficient (Wildman–Crippen LogP) is 3.43. The van der Waals surface area contributed by atoms with Crippen LogP contribution in [0.3, 0.4) is 0 Å². The molecule has 0 saturated carbocycles. The minimum absolute atomic E-state index is 0.118. The van der Waals surface area contributed by atoms with Gasteiger partial charge >= 0.3 is 5.97 Å². The molecule has 0 aliphatic heterocycles. The fourth-order valence-electron chi connectivity index (χ4n) is 1.42. The molecule has 0 amide bonds. The molecule has 0 unspecified atom stereocenters. The molecule has 0 atom stereocenters. The number of methoxy groups -OCH3 is 1. The van der Waals surface area contributed by atoms with Gasteiger partial charge in [0.05, 0.1) is 7.11 Å². The number of ether oxygens (including phenoxy) is 1. The maximum atomic E-state index is 10.8. The molecule has 0 fully saturated rings. The van der Waals surface area contributed by atoms with Gasteiger partial charge in [-0.3, -0.25) is 4.79 Å². The van der Waals surface area contributed by atoms with Crippen molar-refractivity contribution in [3.63, 3.8) is 0 Å². The molecule has 2 nitrogen and oxygen atoms in total. The molecule has 86 valence electrons. The second-order valence-corrected chi connectivity index (χ2v) is 3.63. The Morgan fingerprint density at radius 1 is 1.25 bits per heavy atom. The standard InChI is InChI=1S/C14H18O2/c1-16-14(15)12-8-3-2-5-9-13-10-6-4-7-11-13/h4-7,9-11H,2-3,8,12H2,1H3/b9-5+. The average Bonchev–Trinajstić information content (AvgIpc) is 2.34. The highest BCUT2D eigenvalue weighted by molar-refractivity contribution is 5.68. The summed E-state index contributed by atoms with van der Waals surface area (Å²) in [6.07, 6.45) is 7.70. The second-order valence-electron chi connectivity index (χ2n) is 3.63. The van der Waals surface area contributed by atoms with Crippen molar-refractivity contribution in [1.29, 1.82) is 0 Å². The molecule has 0 aromatic heterocycles. The van der Waals surface area contributed by atoms with Gasteiger partial charge in [-0.25, -0.2) is 0 Å². The number of unbranched alkanes of at least 4 members (excludes halogenated alkanes) is 2. The van der Waals surface area contributed by atoms with E-state index in [4.69, 9.17) is 0 Å². The van der Waals surface area contributed by atoms with Crippen LogP contribution < -0.4 is 0 Å². The fourth-order valence-corrected chi connectivity index (χ4v) is 1.42. The van der Waals surface area contributed by atoms with E-state index in [1.165, 1.54) is 12.7 Å². The summed E-state index contributed by atoms with van der Waals surface area (Å²) in [5.74, 6) is -0.118. The lowest BCUT2D eigenvalue weighted by Gasteiger charge is -1.97. The Morgan fingerprint density at radius 2 is 2.00 bits per heavy atom. The quantitative estimate of drug-likeness (QED) is 0.540. The first kappa shape index (κ1) is 12.5. The van der Waals surface area contributed by atoms with Crippen LogP contribution in [0, 0.1) is 0 Å². The van der Waals surface area contributed by atoms with Gasteiger partial charge in [0.15, 0.2) is 0 Å². The monoisotopic (exact) mass is 218 g/mol. The van der Waals surface area contributed by atoms with Crippen LogP contribution in [0.1, 0.15) is 31.2 Å². The van der Waals surface area contributed by atoms with Gasteiger partial charge in [-0.2, -0.15) is 0 Å². The van der Waals surface area contributed by atoms with Gasteiger partial charge < -0.3 is 4.74 Å². The zero-order valence-electron chi connectivity index (χ0n) is 9.69. The fraction of sp³-hybridized carbons (Fsp3) is 0.357. The van der Waals surface area contributed by atoms with Gasteiger partial charge in [0.1, 0.15) is 0 Å². The van der Waals surface area contributed by atoms with Crippen molar-refractivity contribution in [3.05, 3.63) is 42.0 Å². The summed E-state index contributed by atoms with van der Waals surface area (Å²) in [5.41, 5.74) is 1.22. The van der Waals surface area contributed by atoms with E-state index in [1.807, 2.05) is 18.2 Å². The van der Waals surface area contributed by atoms with Crippen molar-refractivity contribution in [2.75, 3.05) is 7.11 Å². The Kier molecular flexibility index (Phi) is 6.00. The number of esters is 1. The number of carbonyl (C=O) groups is 1. The van der Waals surface area contributed by atoms with Gasteiger partial charge in [0.25, 0.3) is 0 Å².